The molecule has 0 aromatic heterocycles. The molecule has 29 heavy (non-hydrogen) atoms. The molecule has 5 heteroatoms. The van der Waals surface area contributed by atoms with Crippen LogP contribution in [0.5, 0.6) is 0 Å². The normalized spacial score (nSPS) is 10.0. The van der Waals surface area contributed by atoms with E-state index >= 15 is 0 Å². The Morgan fingerprint density at radius 1 is 0.517 bits per heavy atom. The predicted molar refractivity (Wildman–Crippen MR) is 101 cm³/mol. The Hall–Kier alpha value is -3.57. The van der Waals surface area contributed by atoms with Gasteiger partial charge in [0.1, 0.15) is 29.1 Å². The van der Waals surface area contributed by atoms with E-state index in [0.717, 1.165) is 24.3 Å². The molecular weight excluding hydrogens is 383 g/mol. The van der Waals surface area contributed by atoms with Gasteiger partial charge in [-0.25, -0.2) is 22.0 Å². The van der Waals surface area contributed by atoms with Crippen molar-refractivity contribution in [2.75, 3.05) is 0 Å². The van der Waals surface area contributed by atoms with Gasteiger partial charge in [-0.2, -0.15) is 0 Å². The number of rotatable bonds is 0. The Morgan fingerprint density at radius 2 is 0.966 bits per heavy atom. The van der Waals surface area contributed by atoms with Crippen LogP contribution >= 0.6 is 0 Å². The summed E-state index contributed by atoms with van der Waals surface area (Å²) in [5.41, 5.74) is -0.0189. The van der Waals surface area contributed by atoms with Crippen LogP contribution in [0.2, 0.25) is 0 Å². The van der Waals surface area contributed by atoms with Crippen molar-refractivity contribution in [2.45, 2.75) is 13.8 Å². The van der Waals surface area contributed by atoms with Crippen LogP contribution in [0, 0.1) is 66.6 Å². The van der Waals surface area contributed by atoms with Crippen LogP contribution in [-0.4, -0.2) is 0 Å². The zero-order valence-electron chi connectivity index (χ0n) is 15.4. The summed E-state index contributed by atoms with van der Waals surface area (Å²) in [6.07, 6.45) is 0. The molecule has 0 atom stereocenters. The summed E-state index contributed by atoms with van der Waals surface area (Å²) in [6.45, 7) is 3.11. The zero-order chi connectivity index (χ0) is 21.1. The van der Waals surface area contributed by atoms with E-state index < -0.39 is 40.2 Å². The molecule has 0 spiro atoms. The number of aryl methyl sites for hydroxylation is 2. The maximum absolute atomic E-state index is 14.3. The van der Waals surface area contributed by atoms with Gasteiger partial charge in [-0.3, -0.25) is 0 Å². The van der Waals surface area contributed by atoms with Crippen molar-refractivity contribution in [2.24, 2.45) is 0 Å². The molecule has 0 unspecified atom stereocenters. The first-order valence-corrected chi connectivity index (χ1v) is 8.49. The second-order valence-corrected chi connectivity index (χ2v) is 6.38. The van der Waals surface area contributed by atoms with Crippen LogP contribution in [0.4, 0.5) is 22.0 Å². The lowest BCUT2D eigenvalue weighted by Crippen LogP contribution is -1.94. The van der Waals surface area contributed by atoms with Crippen LogP contribution in [0.3, 0.4) is 0 Å². The summed E-state index contributed by atoms with van der Waals surface area (Å²) in [6, 6.07) is 8.27. The van der Waals surface area contributed by atoms with Gasteiger partial charge >= 0.3 is 0 Å². The molecular formula is C24H13F5. The first-order chi connectivity index (χ1) is 13.7. The molecule has 0 radical (unpaired) electrons. The molecule has 0 aliphatic carbocycles. The molecule has 0 aliphatic heterocycles. The van der Waals surface area contributed by atoms with E-state index in [1.165, 1.54) is 25.1 Å². The lowest BCUT2D eigenvalue weighted by atomic mass is 10.1. The third kappa shape index (κ3) is 4.65. The minimum atomic E-state index is -0.987. The summed E-state index contributed by atoms with van der Waals surface area (Å²) in [7, 11) is 0. The van der Waals surface area contributed by atoms with Crippen molar-refractivity contribution in [1.82, 2.24) is 0 Å². The minimum absolute atomic E-state index is 0.105. The molecule has 0 amide bonds. The molecule has 0 nitrogen and oxygen atoms in total. The fourth-order valence-corrected chi connectivity index (χ4v) is 2.52. The van der Waals surface area contributed by atoms with Gasteiger partial charge in [0.15, 0.2) is 0 Å². The molecule has 0 bridgehead atoms. The summed E-state index contributed by atoms with van der Waals surface area (Å²) >= 11 is 0. The standard InChI is InChI=1S/C24H13F5/c1-14-9-21(26)18(22(27)10-14)8-6-17-12-23(28)19(24(29)13-17)7-5-16-4-3-15(2)20(25)11-16/h3-4,9-13H,1-2H3. The van der Waals surface area contributed by atoms with Crippen molar-refractivity contribution in [1.29, 1.82) is 0 Å². The summed E-state index contributed by atoms with van der Waals surface area (Å²) in [4.78, 5) is 0. The summed E-state index contributed by atoms with van der Waals surface area (Å²) in [5, 5.41) is 0. The average Bonchev–Trinajstić information content (AvgIpc) is 2.63. The Morgan fingerprint density at radius 3 is 1.48 bits per heavy atom. The maximum Gasteiger partial charge on any atom is 0.143 e. The number of hydrogen-bond donors (Lipinski definition) is 0. The molecule has 144 valence electrons. The Balaban J connectivity index is 1.94. The van der Waals surface area contributed by atoms with E-state index in [0.29, 0.717) is 11.1 Å². The number of benzene rings is 3. The van der Waals surface area contributed by atoms with Gasteiger partial charge < -0.3 is 0 Å². The molecule has 0 saturated carbocycles. The highest BCUT2D eigenvalue weighted by Gasteiger charge is 2.10. The van der Waals surface area contributed by atoms with E-state index in [9.17, 15) is 22.0 Å². The minimum Gasteiger partial charge on any atom is -0.207 e. The van der Waals surface area contributed by atoms with Crippen molar-refractivity contribution < 1.29 is 22.0 Å². The van der Waals surface area contributed by atoms with Crippen LogP contribution in [0.1, 0.15) is 33.4 Å². The van der Waals surface area contributed by atoms with Crippen LogP contribution in [0.15, 0.2) is 42.5 Å². The van der Waals surface area contributed by atoms with Crippen LogP contribution in [-0.2, 0) is 0 Å². The third-order valence-corrected chi connectivity index (χ3v) is 4.06. The topological polar surface area (TPSA) is 0 Å². The quantitative estimate of drug-likeness (QED) is 0.333. The monoisotopic (exact) mass is 396 g/mol. The first-order valence-electron chi connectivity index (χ1n) is 8.49. The summed E-state index contributed by atoms with van der Waals surface area (Å²) < 4.78 is 69.7. The van der Waals surface area contributed by atoms with Gasteiger partial charge in [0, 0.05) is 11.1 Å². The third-order valence-electron chi connectivity index (χ3n) is 4.06. The number of hydrogen-bond acceptors (Lipinski definition) is 0. The lowest BCUT2D eigenvalue weighted by molar-refractivity contribution is 0.575. The highest BCUT2D eigenvalue weighted by atomic mass is 19.1. The van der Waals surface area contributed by atoms with Gasteiger partial charge in [-0.15, -0.1) is 0 Å². The number of halogens is 5. The Bertz CT molecular complexity index is 1190. The molecule has 0 aliphatic rings. The van der Waals surface area contributed by atoms with Gasteiger partial charge in [0.05, 0.1) is 11.1 Å². The SMILES string of the molecule is Cc1cc(F)c(C#Cc2cc(F)c(C#Cc3ccc(C)c(F)c3)c(F)c2)c(F)c1. The molecule has 3 rings (SSSR count). The van der Waals surface area contributed by atoms with Crippen molar-refractivity contribution in [3.8, 4) is 23.7 Å². The molecule has 0 fully saturated rings. The zero-order valence-corrected chi connectivity index (χ0v) is 15.4. The maximum atomic E-state index is 14.3. The second-order valence-electron chi connectivity index (χ2n) is 6.38. The lowest BCUT2D eigenvalue weighted by Gasteiger charge is -2.01. The second kappa shape index (κ2) is 8.20. The molecule has 0 saturated heterocycles. The van der Waals surface area contributed by atoms with E-state index in [-0.39, 0.29) is 11.1 Å². The van der Waals surface area contributed by atoms with Crippen LogP contribution in [0.25, 0.3) is 0 Å². The van der Waals surface area contributed by atoms with Crippen molar-refractivity contribution in [3.05, 3.63) is 105 Å². The van der Waals surface area contributed by atoms with E-state index in [1.54, 1.807) is 6.92 Å². The van der Waals surface area contributed by atoms with E-state index in [4.69, 9.17) is 0 Å². The Labute approximate surface area is 165 Å². The smallest absolute Gasteiger partial charge is 0.143 e. The molecule has 0 N–H and O–H groups in total. The highest BCUT2D eigenvalue weighted by molar-refractivity contribution is 5.50. The Kier molecular flexibility index (Phi) is 5.71. The van der Waals surface area contributed by atoms with Crippen molar-refractivity contribution >= 4 is 0 Å². The van der Waals surface area contributed by atoms with Gasteiger partial charge in [0.2, 0.25) is 0 Å². The largest absolute Gasteiger partial charge is 0.207 e. The highest BCUT2D eigenvalue weighted by Crippen LogP contribution is 2.17. The fraction of sp³-hybridized carbons (Fsp3) is 0.0833. The first kappa shape index (κ1) is 20.2. The average molecular weight is 396 g/mol. The van der Waals surface area contributed by atoms with E-state index in [2.05, 4.69) is 23.7 Å². The summed E-state index contributed by atoms with van der Waals surface area (Å²) in [5.74, 6) is 5.28. The van der Waals surface area contributed by atoms with Crippen molar-refractivity contribution in [3.63, 3.8) is 0 Å². The van der Waals surface area contributed by atoms with Gasteiger partial charge in [-0.1, -0.05) is 29.7 Å². The van der Waals surface area contributed by atoms with E-state index in [1.807, 2.05) is 0 Å². The molecule has 0 heterocycles. The molecule has 3 aromatic rings. The van der Waals surface area contributed by atoms with Crippen LogP contribution < -0.4 is 0 Å². The molecule has 3 aromatic carbocycles. The van der Waals surface area contributed by atoms with Gasteiger partial charge in [0.25, 0.3) is 0 Å². The predicted octanol–water partition coefficient (Wildman–Crippen LogP) is 5.80. The van der Waals surface area contributed by atoms with Gasteiger partial charge in [-0.05, 0) is 61.4 Å². The fourth-order valence-electron chi connectivity index (χ4n) is 2.52.